The minimum atomic E-state index is 0.814. The summed E-state index contributed by atoms with van der Waals surface area (Å²) in [6, 6.07) is 12.3. The molecule has 0 spiro atoms. The third-order valence-electron chi connectivity index (χ3n) is 4.04. The molecule has 0 unspecified atom stereocenters. The van der Waals surface area contributed by atoms with Crippen LogP contribution in [0.5, 0.6) is 0 Å². The fraction of sp³-hybridized carbons (Fsp3) is 0.316. The van der Waals surface area contributed by atoms with E-state index in [9.17, 15) is 0 Å². The van der Waals surface area contributed by atoms with Crippen LogP contribution in [-0.4, -0.2) is 40.9 Å². The molecule has 0 amide bonds. The third kappa shape index (κ3) is 4.79. The second-order valence-corrected chi connectivity index (χ2v) is 5.79. The van der Waals surface area contributed by atoms with Crippen molar-refractivity contribution < 1.29 is 0 Å². The van der Waals surface area contributed by atoms with Crippen molar-refractivity contribution in [2.45, 2.75) is 19.4 Å². The van der Waals surface area contributed by atoms with Crippen molar-refractivity contribution in [3.05, 3.63) is 60.6 Å². The zero-order valence-electron chi connectivity index (χ0n) is 14.5. The number of aliphatic imine (C=N–C) groups is 1. The van der Waals surface area contributed by atoms with Crippen LogP contribution in [0.4, 0.5) is 0 Å². The molecule has 0 saturated heterocycles. The van der Waals surface area contributed by atoms with Gasteiger partial charge in [0.1, 0.15) is 0 Å². The third-order valence-corrected chi connectivity index (χ3v) is 4.04. The van der Waals surface area contributed by atoms with E-state index in [1.54, 1.807) is 13.2 Å². The summed E-state index contributed by atoms with van der Waals surface area (Å²) in [5.41, 5.74) is 2.33. The molecule has 0 aliphatic heterocycles. The highest BCUT2D eigenvalue weighted by molar-refractivity contribution is 5.82. The molecule has 3 aromatic rings. The number of pyridine rings is 1. The first-order chi connectivity index (χ1) is 12.4. The number of benzene rings is 1. The van der Waals surface area contributed by atoms with Crippen molar-refractivity contribution in [3.8, 4) is 0 Å². The van der Waals surface area contributed by atoms with Gasteiger partial charge in [-0.25, -0.2) is 0 Å². The number of nitrogens with zero attached hydrogens (tertiary/aromatic N) is 4. The van der Waals surface area contributed by atoms with Crippen molar-refractivity contribution >= 4 is 16.9 Å². The van der Waals surface area contributed by atoms with Crippen molar-refractivity contribution in [2.75, 3.05) is 20.1 Å². The van der Waals surface area contributed by atoms with E-state index in [1.807, 2.05) is 29.2 Å². The maximum atomic E-state index is 4.50. The first kappa shape index (κ1) is 17.0. The normalized spacial score (nSPS) is 11.6. The number of aryl methyl sites for hydroxylation is 1. The Morgan fingerprint density at radius 1 is 1.08 bits per heavy atom. The zero-order valence-corrected chi connectivity index (χ0v) is 14.5. The Labute approximate surface area is 148 Å². The lowest BCUT2D eigenvalue weighted by Gasteiger charge is -2.12. The molecule has 0 atom stereocenters. The molecule has 0 radical (unpaired) electrons. The van der Waals surface area contributed by atoms with Crippen LogP contribution >= 0.6 is 0 Å². The fourth-order valence-corrected chi connectivity index (χ4v) is 2.79. The van der Waals surface area contributed by atoms with E-state index in [0.29, 0.717) is 0 Å². The molecule has 0 bridgehead atoms. The van der Waals surface area contributed by atoms with Crippen molar-refractivity contribution in [3.63, 3.8) is 0 Å². The summed E-state index contributed by atoms with van der Waals surface area (Å²) in [5, 5.41) is 12.1. The summed E-state index contributed by atoms with van der Waals surface area (Å²) in [6.45, 7) is 2.57. The van der Waals surface area contributed by atoms with Crippen molar-refractivity contribution in [2.24, 2.45) is 4.99 Å². The molecular formula is C19H24N6. The summed E-state index contributed by atoms with van der Waals surface area (Å²) in [7, 11) is 1.79. The highest BCUT2D eigenvalue weighted by Crippen LogP contribution is 2.15. The molecule has 0 aliphatic rings. The lowest BCUT2D eigenvalue weighted by Crippen LogP contribution is -2.39. The molecule has 0 fully saturated rings. The van der Waals surface area contributed by atoms with E-state index in [-0.39, 0.29) is 0 Å². The van der Waals surface area contributed by atoms with Gasteiger partial charge < -0.3 is 10.6 Å². The van der Waals surface area contributed by atoms with Gasteiger partial charge >= 0.3 is 0 Å². The minimum Gasteiger partial charge on any atom is -0.356 e. The Balaban J connectivity index is 1.43. The quantitative estimate of drug-likeness (QED) is 0.394. The number of guanidine groups is 1. The number of hydrogen-bond donors (Lipinski definition) is 2. The van der Waals surface area contributed by atoms with Crippen LogP contribution in [0.3, 0.4) is 0 Å². The second-order valence-electron chi connectivity index (χ2n) is 5.79. The Hall–Kier alpha value is -2.89. The number of para-hydroxylation sites is 1. The van der Waals surface area contributed by atoms with Gasteiger partial charge in [0.2, 0.25) is 0 Å². The maximum absolute atomic E-state index is 4.50. The van der Waals surface area contributed by atoms with Gasteiger partial charge in [0.15, 0.2) is 5.96 Å². The van der Waals surface area contributed by atoms with Gasteiger partial charge in [-0.15, -0.1) is 0 Å². The molecule has 2 N–H and O–H groups in total. The smallest absolute Gasteiger partial charge is 0.190 e. The van der Waals surface area contributed by atoms with E-state index in [4.69, 9.17) is 0 Å². The van der Waals surface area contributed by atoms with Gasteiger partial charge in [0, 0.05) is 50.7 Å². The summed E-state index contributed by atoms with van der Waals surface area (Å²) in [4.78, 5) is 8.77. The summed E-state index contributed by atoms with van der Waals surface area (Å²) >= 11 is 0. The Bertz CT molecular complexity index is 804. The highest BCUT2D eigenvalue weighted by atomic mass is 15.3. The van der Waals surface area contributed by atoms with Crippen LogP contribution in [0.1, 0.15) is 12.0 Å². The van der Waals surface area contributed by atoms with Crippen LogP contribution in [0.2, 0.25) is 0 Å². The Morgan fingerprint density at radius 3 is 2.80 bits per heavy atom. The number of rotatable bonds is 7. The molecule has 6 nitrogen and oxygen atoms in total. The van der Waals surface area contributed by atoms with Crippen LogP contribution < -0.4 is 10.6 Å². The number of aromatic nitrogens is 3. The summed E-state index contributed by atoms with van der Waals surface area (Å²) in [5.74, 6) is 0.827. The van der Waals surface area contributed by atoms with E-state index in [1.165, 1.54) is 10.9 Å². The van der Waals surface area contributed by atoms with Gasteiger partial charge in [-0.05, 0) is 30.5 Å². The largest absolute Gasteiger partial charge is 0.356 e. The Morgan fingerprint density at radius 2 is 1.96 bits per heavy atom. The van der Waals surface area contributed by atoms with E-state index >= 15 is 0 Å². The average Bonchev–Trinajstić information content (AvgIpc) is 3.17. The molecule has 6 heteroatoms. The first-order valence-electron chi connectivity index (χ1n) is 8.61. The van der Waals surface area contributed by atoms with E-state index in [2.05, 4.69) is 50.0 Å². The molecule has 2 heterocycles. The van der Waals surface area contributed by atoms with Gasteiger partial charge in [-0.2, -0.15) is 5.10 Å². The number of nitrogens with one attached hydrogen (secondary N) is 2. The molecule has 130 valence electrons. The lowest BCUT2D eigenvalue weighted by atomic mass is 10.1. The van der Waals surface area contributed by atoms with Crippen LogP contribution in [0, 0.1) is 0 Å². The number of hydrogen-bond acceptors (Lipinski definition) is 3. The van der Waals surface area contributed by atoms with Gasteiger partial charge in [0.25, 0.3) is 0 Å². The minimum absolute atomic E-state index is 0.814. The average molecular weight is 336 g/mol. The van der Waals surface area contributed by atoms with Crippen LogP contribution in [-0.2, 0) is 13.0 Å². The van der Waals surface area contributed by atoms with E-state index in [0.717, 1.165) is 44.0 Å². The van der Waals surface area contributed by atoms with Crippen molar-refractivity contribution in [1.29, 1.82) is 0 Å². The highest BCUT2D eigenvalue weighted by Gasteiger charge is 2.02. The molecule has 2 aromatic heterocycles. The first-order valence-corrected chi connectivity index (χ1v) is 8.61. The Kier molecular flexibility index (Phi) is 5.98. The molecule has 0 saturated carbocycles. The maximum Gasteiger partial charge on any atom is 0.190 e. The topological polar surface area (TPSA) is 67.1 Å². The van der Waals surface area contributed by atoms with Gasteiger partial charge in [-0.1, -0.05) is 24.3 Å². The van der Waals surface area contributed by atoms with Crippen LogP contribution in [0.15, 0.2) is 60.0 Å². The zero-order chi connectivity index (χ0) is 17.3. The second kappa shape index (κ2) is 8.82. The molecule has 1 aromatic carbocycles. The monoisotopic (exact) mass is 336 g/mol. The molecule has 25 heavy (non-hydrogen) atoms. The van der Waals surface area contributed by atoms with E-state index < -0.39 is 0 Å². The summed E-state index contributed by atoms with van der Waals surface area (Å²) in [6.07, 6.45) is 7.53. The van der Waals surface area contributed by atoms with Gasteiger partial charge in [0.05, 0.1) is 5.52 Å². The predicted octanol–water partition coefficient (Wildman–Crippen LogP) is 2.23. The molecular weight excluding hydrogens is 312 g/mol. The van der Waals surface area contributed by atoms with Crippen molar-refractivity contribution in [1.82, 2.24) is 25.4 Å². The summed E-state index contributed by atoms with van der Waals surface area (Å²) < 4.78 is 1.94. The predicted molar refractivity (Wildman–Crippen MR) is 102 cm³/mol. The fourth-order valence-electron chi connectivity index (χ4n) is 2.79. The van der Waals surface area contributed by atoms with Crippen LogP contribution in [0.25, 0.3) is 10.9 Å². The van der Waals surface area contributed by atoms with Gasteiger partial charge in [-0.3, -0.25) is 14.7 Å². The number of fused-ring (bicyclic) bond motifs is 1. The molecule has 0 aliphatic carbocycles. The molecule has 3 rings (SSSR count). The lowest BCUT2D eigenvalue weighted by molar-refractivity contribution is 0.570. The SMILES string of the molecule is CN=C(NCCCn1cccn1)NCCc1cccc2cccnc12. The standard InChI is InChI=1S/C19H24N6/c1-20-19(22-11-4-14-25-15-5-12-24-25)23-13-9-17-7-2-6-16-8-3-10-21-18(16)17/h2-3,5-8,10,12,15H,4,9,11,13-14H2,1H3,(H2,20,22,23).